The summed E-state index contributed by atoms with van der Waals surface area (Å²) in [5.74, 6) is 0.767. The number of carboxylic acids is 1. The van der Waals surface area contributed by atoms with Crippen molar-refractivity contribution in [2.24, 2.45) is 0 Å². The van der Waals surface area contributed by atoms with Gasteiger partial charge in [0.25, 0.3) is 0 Å². The molecule has 5 rings (SSSR count). The molecule has 3 aromatic rings. The number of nitrogens with one attached hydrogen (secondary N) is 2. The van der Waals surface area contributed by atoms with E-state index >= 15 is 0 Å². The van der Waals surface area contributed by atoms with Crippen molar-refractivity contribution < 1.29 is 23.4 Å². The van der Waals surface area contributed by atoms with Crippen molar-refractivity contribution in [3.63, 3.8) is 0 Å². The number of aliphatic hydroxyl groups is 1. The number of fused-ring (bicyclic) bond motifs is 1. The summed E-state index contributed by atoms with van der Waals surface area (Å²) in [7, 11) is -2.14. The van der Waals surface area contributed by atoms with E-state index in [0.717, 1.165) is 53.5 Å². The molecule has 1 fully saturated rings. The first-order chi connectivity index (χ1) is 18.1. The van der Waals surface area contributed by atoms with Crippen molar-refractivity contribution in [1.82, 2.24) is 19.7 Å². The van der Waals surface area contributed by atoms with Crippen molar-refractivity contribution in [2.45, 2.75) is 43.7 Å². The van der Waals surface area contributed by atoms with E-state index < -0.39 is 22.1 Å². The van der Waals surface area contributed by atoms with Gasteiger partial charge in [-0.3, -0.25) is 5.32 Å². The molecule has 4 N–H and O–H groups in total. The van der Waals surface area contributed by atoms with Crippen molar-refractivity contribution in [1.29, 1.82) is 0 Å². The van der Waals surface area contributed by atoms with Gasteiger partial charge in [-0.05, 0) is 50.9 Å². The van der Waals surface area contributed by atoms with E-state index in [4.69, 9.17) is 9.97 Å². The smallest absolute Gasteiger partial charge is 0.347 e. The van der Waals surface area contributed by atoms with Gasteiger partial charge in [-0.25, -0.2) is 22.9 Å². The second-order valence-electron chi connectivity index (χ2n) is 9.30. The molecule has 12 nitrogen and oxygen atoms in total. The molecule has 0 spiro atoms. The monoisotopic (exact) mass is 559 g/mol. The SMILES string of the molecule is CNS(=O)(=O)c1ccc(CN2CCCc3c2nc(Nc2nc(C)c(C(=O)O)s2)nc3N2CCC(O)C2)cc1. The number of rotatable bonds is 8. The van der Waals surface area contributed by atoms with Crippen LogP contribution in [0.4, 0.5) is 22.7 Å². The molecule has 1 aromatic carbocycles. The Labute approximate surface area is 224 Å². The summed E-state index contributed by atoms with van der Waals surface area (Å²) in [5, 5.41) is 23.1. The number of carboxylic acid groups (broad SMARTS) is 1. The molecule has 0 radical (unpaired) electrons. The maximum absolute atomic E-state index is 12.1. The number of carbonyl (C=O) groups is 1. The van der Waals surface area contributed by atoms with E-state index in [9.17, 15) is 23.4 Å². The second kappa shape index (κ2) is 10.4. The van der Waals surface area contributed by atoms with Gasteiger partial charge < -0.3 is 20.0 Å². The molecule has 4 heterocycles. The maximum atomic E-state index is 12.1. The predicted molar refractivity (Wildman–Crippen MR) is 144 cm³/mol. The number of aromatic nitrogens is 3. The average molecular weight is 560 g/mol. The highest BCUT2D eigenvalue weighted by molar-refractivity contribution is 7.89. The van der Waals surface area contributed by atoms with Crippen LogP contribution in [0.1, 0.15) is 39.3 Å². The van der Waals surface area contributed by atoms with Crippen LogP contribution in [-0.2, 0) is 23.0 Å². The first-order valence-corrected chi connectivity index (χ1v) is 14.5. The molecule has 2 aliphatic heterocycles. The molecule has 14 heteroatoms. The van der Waals surface area contributed by atoms with Gasteiger partial charge >= 0.3 is 5.97 Å². The number of nitrogens with zero attached hydrogens (tertiary/aromatic N) is 5. The van der Waals surface area contributed by atoms with Crippen molar-refractivity contribution in [3.8, 4) is 0 Å². The van der Waals surface area contributed by atoms with E-state index in [0.29, 0.717) is 42.8 Å². The Morgan fingerprint density at radius 2 is 1.89 bits per heavy atom. The molecule has 1 atom stereocenters. The number of aryl methyl sites for hydroxylation is 1. The van der Waals surface area contributed by atoms with Crippen LogP contribution in [0.3, 0.4) is 0 Å². The van der Waals surface area contributed by atoms with Gasteiger partial charge in [-0.1, -0.05) is 23.5 Å². The molecule has 2 aromatic heterocycles. The third kappa shape index (κ3) is 5.29. The van der Waals surface area contributed by atoms with Gasteiger partial charge in [0, 0.05) is 31.7 Å². The summed E-state index contributed by atoms with van der Waals surface area (Å²) in [6.45, 7) is 4.06. The number of sulfonamides is 1. The molecule has 2 aliphatic rings. The Balaban J connectivity index is 1.49. The third-order valence-electron chi connectivity index (χ3n) is 6.67. The quantitative estimate of drug-likeness (QED) is 0.320. The third-order valence-corrected chi connectivity index (χ3v) is 9.16. The van der Waals surface area contributed by atoms with Gasteiger partial charge in [-0.2, -0.15) is 9.97 Å². The lowest BCUT2D eigenvalue weighted by Crippen LogP contribution is -2.33. The first kappa shape index (κ1) is 26.3. The minimum atomic E-state index is -3.52. The normalized spacial score (nSPS) is 17.5. The van der Waals surface area contributed by atoms with Crippen molar-refractivity contribution in [3.05, 3.63) is 46.0 Å². The van der Waals surface area contributed by atoms with Crippen molar-refractivity contribution >= 4 is 50.0 Å². The molecule has 0 amide bonds. The lowest BCUT2D eigenvalue weighted by Gasteiger charge is -2.33. The van der Waals surface area contributed by atoms with E-state index in [1.165, 1.54) is 7.05 Å². The summed E-state index contributed by atoms with van der Waals surface area (Å²) in [4.78, 5) is 30.0. The Kier molecular flexibility index (Phi) is 7.22. The zero-order chi connectivity index (χ0) is 27.0. The predicted octanol–water partition coefficient (Wildman–Crippen LogP) is 2.12. The zero-order valence-electron chi connectivity index (χ0n) is 21.0. The van der Waals surface area contributed by atoms with Crippen LogP contribution >= 0.6 is 11.3 Å². The second-order valence-corrected chi connectivity index (χ2v) is 12.2. The van der Waals surface area contributed by atoms with Crippen LogP contribution in [0.2, 0.25) is 0 Å². The molecule has 38 heavy (non-hydrogen) atoms. The van der Waals surface area contributed by atoms with E-state index in [-0.39, 0.29) is 9.77 Å². The standard InChI is InChI=1S/C24H29N7O5S2/c1-14-19(22(33)34)37-24(26-14)29-23-27-20-18(21(28-23)31-11-9-16(32)13-31)4-3-10-30(20)12-15-5-7-17(8-6-15)38(35,36)25-2/h5-8,16,25,32H,3-4,9-13H2,1-2H3,(H,33,34)(H,26,27,28,29). The molecular weight excluding hydrogens is 530 g/mol. The summed E-state index contributed by atoms with van der Waals surface area (Å²) in [6, 6.07) is 6.76. The van der Waals surface area contributed by atoms with Crippen LogP contribution in [0.5, 0.6) is 0 Å². The van der Waals surface area contributed by atoms with Crippen LogP contribution in [-0.4, -0.2) is 72.3 Å². The topological polar surface area (TPSA) is 161 Å². The minimum absolute atomic E-state index is 0.152. The molecule has 0 aliphatic carbocycles. The highest BCUT2D eigenvalue weighted by atomic mass is 32.2. The Bertz CT molecular complexity index is 1460. The number of hydrogen-bond donors (Lipinski definition) is 4. The van der Waals surface area contributed by atoms with Gasteiger partial charge in [0.1, 0.15) is 16.5 Å². The van der Waals surface area contributed by atoms with Gasteiger partial charge in [-0.15, -0.1) is 0 Å². The fourth-order valence-electron chi connectivity index (χ4n) is 4.76. The number of anilines is 4. The molecule has 0 bridgehead atoms. The van der Waals surface area contributed by atoms with Crippen LogP contribution < -0.4 is 19.8 Å². The summed E-state index contributed by atoms with van der Waals surface area (Å²) >= 11 is 1.02. The van der Waals surface area contributed by atoms with Gasteiger partial charge in [0.05, 0.1) is 16.7 Å². The van der Waals surface area contributed by atoms with E-state index in [2.05, 4.69) is 24.8 Å². The lowest BCUT2D eigenvalue weighted by molar-refractivity contribution is 0.0701. The molecule has 0 saturated carbocycles. The Hall–Kier alpha value is -3.33. The van der Waals surface area contributed by atoms with Crippen LogP contribution in [0, 0.1) is 6.92 Å². The highest BCUT2D eigenvalue weighted by Crippen LogP contribution is 2.36. The Morgan fingerprint density at radius 1 is 1.16 bits per heavy atom. The number of aromatic carboxylic acids is 1. The molecular formula is C24H29N7O5S2. The number of thiazole rings is 1. The molecule has 1 saturated heterocycles. The number of aliphatic hydroxyl groups excluding tert-OH is 1. The minimum Gasteiger partial charge on any atom is -0.477 e. The molecule has 202 valence electrons. The maximum Gasteiger partial charge on any atom is 0.347 e. The molecule has 1 unspecified atom stereocenters. The first-order valence-electron chi connectivity index (χ1n) is 12.2. The zero-order valence-corrected chi connectivity index (χ0v) is 22.6. The fraction of sp³-hybridized carbons (Fsp3) is 0.417. The van der Waals surface area contributed by atoms with Crippen LogP contribution in [0.15, 0.2) is 29.2 Å². The largest absolute Gasteiger partial charge is 0.477 e. The lowest BCUT2D eigenvalue weighted by atomic mass is 10.0. The number of β-amino-alcohol motifs (C(OH)–C–C–N with tert-alkyl or cyclic N) is 1. The van der Waals surface area contributed by atoms with Crippen molar-refractivity contribution in [2.75, 3.05) is 41.8 Å². The van der Waals surface area contributed by atoms with Gasteiger partial charge in [0.15, 0.2) is 5.13 Å². The highest BCUT2D eigenvalue weighted by Gasteiger charge is 2.30. The summed E-state index contributed by atoms with van der Waals surface area (Å²) in [5.41, 5.74) is 2.34. The number of benzene rings is 1. The summed E-state index contributed by atoms with van der Waals surface area (Å²) < 4.78 is 26.5. The van der Waals surface area contributed by atoms with Gasteiger partial charge in [0.2, 0.25) is 16.0 Å². The van der Waals surface area contributed by atoms with Crippen LogP contribution in [0.25, 0.3) is 0 Å². The average Bonchev–Trinajstić information content (AvgIpc) is 3.49. The van der Waals surface area contributed by atoms with E-state index in [1.54, 1.807) is 31.2 Å². The summed E-state index contributed by atoms with van der Waals surface area (Å²) in [6.07, 6.45) is 1.91. The Morgan fingerprint density at radius 3 is 2.53 bits per heavy atom. The fourth-order valence-corrected chi connectivity index (χ4v) is 6.29. The van der Waals surface area contributed by atoms with E-state index in [1.807, 2.05) is 0 Å². The number of hydrogen-bond acceptors (Lipinski definition) is 11.